The smallest absolute Gasteiger partial charge is 0.411 e. The van der Waals surface area contributed by atoms with Crippen molar-refractivity contribution in [2.45, 2.75) is 104 Å². The molecule has 320 valence electrons. The number of benzene rings is 2. The lowest BCUT2D eigenvalue weighted by atomic mass is 9.83. The summed E-state index contributed by atoms with van der Waals surface area (Å²) < 4.78 is 34.7. The molecule has 1 aliphatic carbocycles. The molecule has 3 aliphatic rings. The third-order valence-corrected chi connectivity index (χ3v) is 11.7. The number of fused-ring (bicyclic) bond motifs is 2. The third kappa shape index (κ3) is 10.6. The average molecular weight is 894 g/mol. The van der Waals surface area contributed by atoms with Gasteiger partial charge >= 0.3 is 12.2 Å². The van der Waals surface area contributed by atoms with Crippen LogP contribution in [0.25, 0.3) is 5.57 Å². The summed E-state index contributed by atoms with van der Waals surface area (Å²) in [5.74, 6) is 0.996. The normalized spacial score (nSPS) is 18.0. The number of carbonyl (C=O) groups excluding carboxylic acids is 3. The van der Waals surface area contributed by atoms with Gasteiger partial charge in [-0.25, -0.2) is 14.6 Å². The number of amides is 3. The number of halogens is 3. The molecule has 3 aromatic rings. The summed E-state index contributed by atoms with van der Waals surface area (Å²) in [6.07, 6.45) is 2.33. The zero-order valence-corrected chi connectivity index (χ0v) is 37.9. The van der Waals surface area contributed by atoms with Crippen molar-refractivity contribution in [1.29, 1.82) is 0 Å². The molecule has 2 aromatic carbocycles. The Hall–Kier alpha value is -4.11. The first-order chi connectivity index (χ1) is 27.8. The number of piperazine rings is 1. The maximum Gasteiger partial charge on any atom is 0.411 e. The topological polar surface area (TPSA) is 129 Å². The van der Waals surface area contributed by atoms with E-state index in [-0.39, 0.29) is 51.2 Å². The molecule has 1 saturated carbocycles. The van der Waals surface area contributed by atoms with E-state index in [9.17, 15) is 9.59 Å². The van der Waals surface area contributed by atoms with E-state index in [0.29, 0.717) is 59.1 Å². The fourth-order valence-electron chi connectivity index (χ4n) is 7.14. The average Bonchev–Trinajstić information content (AvgIpc) is 3.87. The second-order valence-electron chi connectivity index (χ2n) is 16.8. The molecule has 3 amide bonds. The van der Waals surface area contributed by atoms with Gasteiger partial charge in [-0.1, -0.05) is 46.1 Å². The van der Waals surface area contributed by atoms with Crippen molar-refractivity contribution in [3.63, 3.8) is 0 Å². The Kier molecular flexibility index (Phi) is 13.4. The first-order valence-electron chi connectivity index (χ1n) is 19.4. The SMILES string of the molecule is COc1cc(CN(C(=O)C2=C(c3cnc(OCCOc4c(Cl)cc(C)cc4Cl)s3)CC3CN(C(=O)OC(C)(C)C)C[C@H]2N3C(=O)OC(C)(C)C)C2CC2)c(Cl)c(OC)c1. The summed E-state index contributed by atoms with van der Waals surface area (Å²) >= 11 is 20.9. The van der Waals surface area contributed by atoms with Crippen LogP contribution in [-0.4, -0.2) is 108 Å². The Bertz CT molecular complexity index is 2090. The molecule has 1 aromatic heterocycles. The van der Waals surface area contributed by atoms with Crippen LogP contribution in [0.2, 0.25) is 15.1 Å². The van der Waals surface area contributed by atoms with Crippen LogP contribution in [-0.2, 0) is 20.8 Å². The van der Waals surface area contributed by atoms with Crippen LogP contribution in [0.4, 0.5) is 9.59 Å². The van der Waals surface area contributed by atoms with Gasteiger partial charge in [0, 0.05) is 43.5 Å². The Morgan fingerprint density at radius 3 is 2.14 bits per heavy atom. The number of methoxy groups -OCH3 is 2. The number of rotatable bonds is 12. The summed E-state index contributed by atoms with van der Waals surface area (Å²) in [6, 6.07) is 5.46. The summed E-state index contributed by atoms with van der Waals surface area (Å²) in [6.45, 7) is 13.2. The maximum absolute atomic E-state index is 15.4. The van der Waals surface area contributed by atoms with E-state index < -0.39 is 35.5 Å². The van der Waals surface area contributed by atoms with Crippen LogP contribution < -0.4 is 18.9 Å². The van der Waals surface area contributed by atoms with Gasteiger partial charge in [0.25, 0.3) is 11.1 Å². The molecule has 2 aliphatic heterocycles. The van der Waals surface area contributed by atoms with Crippen LogP contribution in [0.15, 0.2) is 36.0 Å². The lowest BCUT2D eigenvalue weighted by molar-refractivity contribution is -0.129. The monoisotopic (exact) mass is 892 g/mol. The van der Waals surface area contributed by atoms with E-state index >= 15 is 4.79 Å². The molecule has 0 spiro atoms. The number of hydrogen-bond donors (Lipinski definition) is 0. The molecule has 13 nitrogen and oxygen atoms in total. The number of nitrogens with zero attached hydrogens (tertiary/aromatic N) is 4. The predicted molar refractivity (Wildman–Crippen MR) is 227 cm³/mol. The Morgan fingerprint density at radius 1 is 0.881 bits per heavy atom. The van der Waals surface area contributed by atoms with Crippen LogP contribution in [0.1, 0.15) is 76.8 Å². The van der Waals surface area contributed by atoms with E-state index in [0.717, 1.165) is 18.4 Å². The van der Waals surface area contributed by atoms with E-state index in [1.54, 1.807) is 93.8 Å². The van der Waals surface area contributed by atoms with Crippen LogP contribution in [0.3, 0.4) is 0 Å². The fourth-order valence-corrected chi connectivity index (χ4v) is 8.95. The van der Waals surface area contributed by atoms with Crippen molar-refractivity contribution in [2.75, 3.05) is 40.5 Å². The molecule has 1 unspecified atom stereocenters. The number of carbonyl (C=O) groups is 3. The van der Waals surface area contributed by atoms with Crippen LogP contribution in [0, 0.1) is 6.92 Å². The minimum atomic E-state index is -0.896. The van der Waals surface area contributed by atoms with Gasteiger partial charge in [0.15, 0.2) is 5.75 Å². The Labute approximate surface area is 364 Å². The molecule has 59 heavy (non-hydrogen) atoms. The highest BCUT2D eigenvalue weighted by Crippen LogP contribution is 2.45. The van der Waals surface area contributed by atoms with Gasteiger partial charge in [0.05, 0.1) is 46.2 Å². The molecule has 0 radical (unpaired) electrons. The van der Waals surface area contributed by atoms with Gasteiger partial charge in [-0.05, 0) is 103 Å². The van der Waals surface area contributed by atoms with Crippen molar-refractivity contribution in [3.8, 4) is 22.4 Å². The fraction of sp³-hybridized carbons (Fsp3) is 0.524. The highest BCUT2D eigenvalue weighted by atomic mass is 35.5. The second kappa shape index (κ2) is 17.9. The van der Waals surface area contributed by atoms with Gasteiger partial charge in [-0.3, -0.25) is 9.69 Å². The molecule has 2 atom stereocenters. The Balaban J connectivity index is 1.39. The van der Waals surface area contributed by atoms with Gasteiger partial charge in [0.2, 0.25) is 0 Å². The molecule has 0 N–H and O–H groups in total. The molecule has 17 heteroatoms. The van der Waals surface area contributed by atoms with Crippen molar-refractivity contribution >= 4 is 69.8 Å². The highest BCUT2D eigenvalue weighted by Gasteiger charge is 2.51. The lowest BCUT2D eigenvalue weighted by Crippen LogP contribution is -2.66. The predicted octanol–water partition coefficient (Wildman–Crippen LogP) is 9.46. The van der Waals surface area contributed by atoms with Crippen LogP contribution in [0.5, 0.6) is 22.4 Å². The number of thiazole rings is 1. The summed E-state index contributed by atoms with van der Waals surface area (Å²) in [7, 11) is 3.07. The van der Waals surface area contributed by atoms with Crippen LogP contribution >= 0.6 is 46.1 Å². The lowest BCUT2D eigenvalue weighted by Gasteiger charge is -2.51. The molecule has 2 fully saturated rings. The van der Waals surface area contributed by atoms with Crippen molar-refractivity contribution in [3.05, 3.63) is 67.1 Å². The summed E-state index contributed by atoms with van der Waals surface area (Å²) in [5.41, 5.74) is 1.00. The number of aromatic nitrogens is 1. The van der Waals surface area contributed by atoms with Gasteiger partial charge in [-0.2, -0.15) is 0 Å². The first-order valence-corrected chi connectivity index (χ1v) is 21.3. The first kappa shape index (κ1) is 44.4. The third-order valence-electron chi connectivity index (χ3n) is 9.75. The molecule has 2 bridgehead atoms. The largest absolute Gasteiger partial charge is 0.497 e. The van der Waals surface area contributed by atoms with E-state index in [1.807, 2.05) is 6.92 Å². The zero-order valence-electron chi connectivity index (χ0n) is 34.8. The molecule has 6 rings (SSSR count). The van der Waals surface area contributed by atoms with Gasteiger partial charge < -0.3 is 38.2 Å². The summed E-state index contributed by atoms with van der Waals surface area (Å²) in [4.78, 5) is 53.5. The van der Waals surface area contributed by atoms with Crippen molar-refractivity contribution in [2.24, 2.45) is 0 Å². The van der Waals surface area contributed by atoms with Gasteiger partial charge in [-0.15, -0.1) is 0 Å². The molecular formula is C42H51Cl3N4O9S. The van der Waals surface area contributed by atoms with E-state index in [4.69, 9.17) is 63.2 Å². The molecule has 1 saturated heterocycles. The molecule has 3 heterocycles. The van der Waals surface area contributed by atoms with E-state index in [1.165, 1.54) is 18.4 Å². The highest BCUT2D eigenvalue weighted by molar-refractivity contribution is 7.14. The molecular weight excluding hydrogens is 843 g/mol. The van der Waals surface area contributed by atoms with E-state index in [2.05, 4.69) is 4.98 Å². The zero-order chi connectivity index (χ0) is 43.0. The second-order valence-corrected chi connectivity index (χ2v) is 18.9. The minimum absolute atomic E-state index is 0.00882. The number of aryl methyl sites for hydroxylation is 1. The van der Waals surface area contributed by atoms with Crippen molar-refractivity contribution < 1.29 is 42.8 Å². The minimum Gasteiger partial charge on any atom is -0.497 e. The quantitative estimate of drug-likeness (QED) is 0.162. The maximum atomic E-state index is 15.4. The van der Waals surface area contributed by atoms with Crippen molar-refractivity contribution in [1.82, 2.24) is 19.7 Å². The Morgan fingerprint density at radius 2 is 1.53 bits per heavy atom. The number of hydrogen-bond acceptors (Lipinski definition) is 11. The van der Waals surface area contributed by atoms with Gasteiger partial charge in [0.1, 0.15) is 35.9 Å². The summed E-state index contributed by atoms with van der Waals surface area (Å²) in [5, 5.41) is 1.51. The number of ether oxygens (including phenoxy) is 6. The standard InChI is InChI=1S/C42H51Cl3N4O9S/c1-23-14-29(43)36(30(44)15-23)55-12-13-56-38-46-19-33(59-38)28-17-26-21-47(39(51)57-41(2,3)4)22-31(49(26)40(52)58-42(5,6)7)34(28)37(50)48(25-10-11-25)20-24-16-27(53-8)18-32(54-9)35(24)45/h14-16,18-19,25-26,31H,10-13,17,20-22H2,1-9H3/t26?,31-/m1/s1.